The van der Waals surface area contributed by atoms with Crippen molar-refractivity contribution >= 4 is 28.7 Å². The monoisotopic (exact) mass is 318 g/mol. The average Bonchev–Trinajstić information content (AvgIpc) is 2.54. The quantitative estimate of drug-likeness (QED) is 0.477. The molecule has 0 radical (unpaired) electrons. The van der Waals surface area contributed by atoms with E-state index in [9.17, 15) is 9.59 Å². The summed E-state index contributed by atoms with van der Waals surface area (Å²) in [5.74, 6) is 0.134. The van der Waals surface area contributed by atoms with E-state index in [4.69, 9.17) is 0 Å². The SMILES string of the molecule is C=CCn1c(SCC(=O)NCCC)nc2ncccc2c1=O. The highest BCUT2D eigenvalue weighted by Crippen LogP contribution is 2.16. The molecule has 22 heavy (non-hydrogen) atoms. The van der Waals surface area contributed by atoms with Crippen molar-refractivity contribution < 1.29 is 4.79 Å². The number of carbonyl (C=O) groups is 1. The number of rotatable bonds is 7. The molecule has 7 heteroatoms. The molecule has 0 bridgehead atoms. The van der Waals surface area contributed by atoms with E-state index >= 15 is 0 Å². The van der Waals surface area contributed by atoms with Crippen LogP contribution in [0.2, 0.25) is 0 Å². The van der Waals surface area contributed by atoms with Crippen LogP contribution in [0.1, 0.15) is 13.3 Å². The fraction of sp³-hybridized carbons (Fsp3) is 0.333. The number of nitrogens with zero attached hydrogens (tertiary/aromatic N) is 3. The first kappa shape index (κ1) is 16.2. The Balaban J connectivity index is 2.31. The zero-order valence-electron chi connectivity index (χ0n) is 12.4. The summed E-state index contributed by atoms with van der Waals surface area (Å²) in [6.07, 6.45) is 4.11. The molecule has 0 spiro atoms. The molecular formula is C15H18N4O2S. The molecule has 0 saturated heterocycles. The van der Waals surface area contributed by atoms with Crippen LogP contribution in [-0.4, -0.2) is 32.7 Å². The predicted molar refractivity (Wildman–Crippen MR) is 88.0 cm³/mol. The van der Waals surface area contributed by atoms with E-state index in [2.05, 4.69) is 21.9 Å². The Morgan fingerprint density at radius 3 is 3.09 bits per heavy atom. The normalized spacial score (nSPS) is 10.6. The second-order valence-electron chi connectivity index (χ2n) is 4.61. The lowest BCUT2D eigenvalue weighted by atomic mass is 10.3. The van der Waals surface area contributed by atoms with E-state index in [-0.39, 0.29) is 17.2 Å². The number of fused-ring (bicyclic) bond motifs is 1. The van der Waals surface area contributed by atoms with E-state index in [0.717, 1.165) is 6.42 Å². The van der Waals surface area contributed by atoms with Gasteiger partial charge >= 0.3 is 0 Å². The number of amides is 1. The Morgan fingerprint density at radius 1 is 1.55 bits per heavy atom. The van der Waals surface area contributed by atoms with E-state index < -0.39 is 0 Å². The minimum atomic E-state index is -0.172. The van der Waals surface area contributed by atoms with Crippen molar-refractivity contribution in [2.24, 2.45) is 0 Å². The minimum absolute atomic E-state index is 0.0765. The van der Waals surface area contributed by atoms with Crippen molar-refractivity contribution in [1.82, 2.24) is 19.9 Å². The lowest BCUT2D eigenvalue weighted by Crippen LogP contribution is -2.27. The number of aromatic nitrogens is 3. The van der Waals surface area contributed by atoms with Gasteiger partial charge in [0.05, 0.1) is 11.1 Å². The average molecular weight is 318 g/mol. The summed E-state index contributed by atoms with van der Waals surface area (Å²) in [5, 5.41) is 3.73. The molecule has 6 nitrogen and oxygen atoms in total. The molecular weight excluding hydrogens is 300 g/mol. The highest BCUT2D eigenvalue weighted by Gasteiger charge is 2.12. The first-order valence-corrected chi connectivity index (χ1v) is 8.02. The zero-order valence-corrected chi connectivity index (χ0v) is 13.2. The van der Waals surface area contributed by atoms with Gasteiger partial charge < -0.3 is 5.32 Å². The molecule has 0 aliphatic rings. The number of pyridine rings is 1. The predicted octanol–water partition coefficient (Wildman–Crippen LogP) is 1.60. The second kappa shape index (κ2) is 7.74. The summed E-state index contributed by atoms with van der Waals surface area (Å²) in [6, 6.07) is 3.40. The Hall–Kier alpha value is -2.15. The largest absolute Gasteiger partial charge is 0.355 e. The van der Waals surface area contributed by atoms with E-state index in [1.807, 2.05) is 6.92 Å². The van der Waals surface area contributed by atoms with Crippen molar-refractivity contribution in [3.8, 4) is 0 Å². The highest BCUT2D eigenvalue weighted by atomic mass is 32.2. The van der Waals surface area contributed by atoms with Crippen molar-refractivity contribution in [2.45, 2.75) is 25.0 Å². The number of nitrogens with one attached hydrogen (secondary N) is 1. The van der Waals surface area contributed by atoms with Crippen LogP contribution < -0.4 is 10.9 Å². The fourth-order valence-electron chi connectivity index (χ4n) is 1.88. The molecule has 2 heterocycles. The number of thioether (sulfide) groups is 1. The molecule has 1 N–H and O–H groups in total. The lowest BCUT2D eigenvalue weighted by molar-refractivity contribution is -0.118. The number of hydrogen-bond acceptors (Lipinski definition) is 5. The first-order valence-electron chi connectivity index (χ1n) is 7.03. The maximum absolute atomic E-state index is 12.5. The molecule has 0 atom stereocenters. The van der Waals surface area contributed by atoms with Crippen molar-refractivity contribution in [3.63, 3.8) is 0 Å². The molecule has 0 fully saturated rings. The van der Waals surface area contributed by atoms with Gasteiger partial charge in [0.15, 0.2) is 10.8 Å². The molecule has 0 aliphatic heterocycles. The van der Waals surface area contributed by atoms with Crippen LogP contribution in [0, 0.1) is 0 Å². The van der Waals surface area contributed by atoms with Gasteiger partial charge in [-0.3, -0.25) is 14.2 Å². The number of allylic oxidation sites excluding steroid dienone is 1. The van der Waals surface area contributed by atoms with Crippen molar-refractivity contribution in [3.05, 3.63) is 41.3 Å². The molecule has 2 aromatic heterocycles. The standard InChI is InChI=1S/C15H18N4O2S/c1-3-7-16-12(20)10-22-15-18-13-11(6-5-8-17-13)14(21)19(15)9-4-2/h4-6,8H,2-3,7,9-10H2,1H3,(H,16,20). The molecule has 0 saturated carbocycles. The molecule has 2 rings (SSSR count). The van der Waals surface area contributed by atoms with Crippen LogP contribution in [0.15, 0.2) is 40.9 Å². The van der Waals surface area contributed by atoms with Crippen molar-refractivity contribution in [2.75, 3.05) is 12.3 Å². The van der Waals surface area contributed by atoms with Gasteiger partial charge in [0.2, 0.25) is 5.91 Å². The highest BCUT2D eigenvalue weighted by molar-refractivity contribution is 7.99. The lowest BCUT2D eigenvalue weighted by Gasteiger charge is -2.10. The van der Waals surface area contributed by atoms with Gasteiger partial charge in [-0.15, -0.1) is 6.58 Å². The minimum Gasteiger partial charge on any atom is -0.355 e. The summed E-state index contributed by atoms with van der Waals surface area (Å²) < 4.78 is 1.51. The Labute approximate surface area is 132 Å². The van der Waals surface area contributed by atoms with Crippen molar-refractivity contribution in [1.29, 1.82) is 0 Å². The van der Waals surface area contributed by atoms with E-state index in [1.54, 1.807) is 24.4 Å². The topological polar surface area (TPSA) is 76.9 Å². The summed E-state index contributed by atoms with van der Waals surface area (Å²) in [4.78, 5) is 32.7. The van der Waals surface area contributed by atoms with Gasteiger partial charge in [0.25, 0.3) is 5.56 Å². The molecule has 2 aromatic rings. The number of hydrogen-bond donors (Lipinski definition) is 1. The fourth-order valence-corrected chi connectivity index (χ4v) is 2.71. The zero-order chi connectivity index (χ0) is 15.9. The Morgan fingerprint density at radius 2 is 2.36 bits per heavy atom. The van der Waals surface area contributed by atoms with Crippen LogP contribution in [-0.2, 0) is 11.3 Å². The smallest absolute Gasteiger partial charge is 0.263 e. The van der Waals surface area contributed by atoms with Gasteiger partial charge in [-0.05, 0) is 18.6 Å². The third-order valence-corrected chi connectivity index (χ3v) is 3.89. The number of carbonyl (C=O) groups excluding carboxylic acids is 1. The van der Waals surface area contributed by atoms with Crippen LogP contribution in [0.3, 0.4) is 0 Å². The van der Waals surface area contributed by atoms with Gasteiger partial charge in [-0.2, -0.15) is 0 Å². The van der Waals surface area contributed by atoms with Crippen LogP contribution in [0.5, 0.6) is 0 Å². The van der Waals surface area contributed by atoms with Gasteiger partial charge in [0, 0.05) is 19.3 Å². The van der Waals surface area contributed by atoms with E-state index in [1.165, 1.54) is 16.3 Å². The summed E-state index contributed by atoms with van der Waals surface area (Å²) in [7, 11) is 0. The Bertz CT molecular complexity index is 742. The Kier molecular flexibility index (Phi) is 5.71. The third-order valence-electron chi connectivity index (χ3n) is 2.91. The van der Waals surface area contributed by atoms with Gasteiger partial charge in [-0.1, -0.05) is 24.8 Å². The second-order valence-corrected chi connectivity index (χ2v) is 5.55. The molecule has 0 aromatic carbocycles. The van der Waals surface area contributed by atoms with Crippen LogP contribution in [0.4, 0.5) is 0 Å². The molecule has 116 valence electrons. The van der Waals surface area contributed by atoms with Gasteiger partial charge in [0.1, 0.15) is 0 Å². The van der Waals surface area contributed by atoms with Crippen LogP contribution >= 0.6 is 11.8 Å². The summed E-state index contributed by atoms with van der Waals surface area (Å²) >= 11 is 1.23. The van der Waals surface area contributed by atoms with E-state index in [0.29, 0.717) is 29.3 Å². The van der Waals surface area contributed by atoms with Crippen LogP contribution in [0.25, 0.3) is 11.0 Å². The molecule has 0 aliphatic carbocycles. The molecule has 0 unspecified atom stereocenters. The maximum Gasteiger partial charge on any atom is 0.263 e. The molecule has 1 amide bonds. The summed E-state index contributed by atoms with van der Waals surface area (Å²) in [5.41, 5.74) is 0.221. The summed E-state index contributed by atoms with van der Waals surface area (Å²) in [6.45, 7) is 6.64. The maximum atomic E-state index is 12.5. The van der Waals surface area contributed by atoms with Gasteiger partial charge in [-0.25, -0.2) is 9.97 Å². The first-order chi connectivity index (χ1) is 10.7. The third kappa shape index (κ3) is 3.73.